The third-order valence-corrected chi connectivity index (χ3v) is 5.80. The molecule has 8 heteroatoms. The quantitative estimate of drug-likeness (QED) is 0.749. The first kappa shape index (κ1) is 21.7. The summed E-state index contributed by atoms with van der Waals surface area (Å²) in [6.07, 6.45) is 4.21. The van der Waals surface area contributed by atoms with Gasteiger partial charge in [-0.2, -0.15) is 0 Å². The van der Waals surface area contributed by atoms with Crippen molar-refractivity contribution in [2.24, 2.45) is 5.92 Å². The minimum atomic E-state index is -3.34. The van der Waals surface area contributed by atoms with Crippen LogP contribution in [0, 0.1) is 5.92 Å². The average molecular weight is 418 g/mol. The van der Waals surface area contributed by atoms with Gasteiger partial charge in [0.05, 0.1) is 12.3 Å². The van der Waals surface area contributed by atoms with Gasteiger partial charge in [-0.15, -0.1) is 10.2 Å². The second-order valence-corrected chi connectivity index (χ2v) is 9.95. The predicted molar refractivity (Wildman–Crippen MR) is 116 cm³/mol. The molecule has 1 unspecified atom stereocenters. The minimum Gasteiger partial charge on any atom is -0.312 e. The second-order valence-electron chi connectivity index (χ2n) is 8.17. The van der Waals surface area contributed by atoms with Crippen molar-refractivity contribution in [3.63, 3.8) is 0 Å². The Kier molecular flexibility index (Phi) is 6.87. The van der Waals surface area contributed by atoms with Gasteiger partial charge in [0, 0.05) is 32.6 Å². The van der Waals surface area contributed by atoms with Crippen molar-refractivity contribution in [2.45, 2.75) is 39.8 Å². The Morgan fingerprint density at radius 3 is 2.55 bits per heavy atom. The van der Waals surface area contributed by atoms with E-state index in [-0.39, 0.29) is 12.0 Å². The van der Waals surface area contributed by atoms with E-state index in [1.807, 2.05) is 32.0 Å². The van der Waals surface area contributed by atoms with Gasteiger partial charge in [-0.25, -0.2) is 13.1 Å². The molecule has 1 aliphatic rings. The first-order valence-electron chi connectivity index (χ1n) is 10.1. The van der Waals surface area contributed by atoms with Crippen LogP contribution in [0.4, 0.5) is 0 Å². The molecule has 0 amide bonds. The summed E-state index contributed by atoms with van der Waals surface area (Å²) in [5.74, 6) is 1.71. The third kappa shape index (κ3) is 5.98. The summed E-state index contributed by atoms with van der Waals surface area (Å²) in [7, 11) is -3.34. The maximum atomic E-state index is 11.8. The molecular formula is C21H31N5O2S. The predicted octanol–water partition coefficient (Wildman–Crippen LogP) is 2.49. The van der Waals surface area contributed by atoms with Crippen molar-refractivity contribution in [3.8, 4) is 0 Å². The lowest BCUT2D eigenvalue weighted by molar-refractivity contribution is 0.299. The van der Waals surface area contributed by atoms with Crippen LogP contribution in [-0.4, -0.2) is 54.0 Å². The topological polar surface area (TPSA) is 80.1 Å². The summed E-state index contributed by atoms with van der Waals surface area (Å²) in [4.78, 5) is 2.42. The highest BCUT2D eigenvalue weighted by atomic mass is 32.2. The van der Waals surface area contributed by atoms with Crippen LogP contribution < -0.4 is 4.72 Å². The van der Waals surface area contributed by atoms with E-state index in [0.29, 0.717) is 5.82 Å². The van der Waals surface area contributed by atoms with E-state index in [1.165, 1.54) is 17.4 Å². The summed E-state index contributed by atoms with van der Waals surface area (Å²) in [6.45, 7) is 9.58. The fourth-order valence-electron chi connectivity index (χ4n) is 3.73. The van der Waals surface area contributed by atoms with Gasteiger partial charge in [0.1, 0.15) is 5.82 Å². The summed E-state index contributed by atoms with van der Waals surface area (Å²) in [6, 6.07) is 9.97. The van der Waals surface area contributed by atoms with Crippen molar-refractivity contribution >= 4 is 16.1 Å². The number of nitrogens with one attached hydrogen (secondary N) is 1. The fraction of sp³-hybridized carbons (Fsp3) is 0.524. The van der Waals surface area contributed by atoms with Crippen molar-refractivity contribution < 1.29 is 8.42 Å². The zero-order chi connectivity index (χ0) is 21.0. The number of aromatic nitrogens is 3. The third-order valence-electron chi connectivity index (χ3n) is 5.12. The van der Waals surface area contributed by atoms with Crippen LogP contribution in [0.2, 0.25) is 0 Å². The molecule has 1 N–H and O–H groups in total. The summed E-state index contributed by atoms with van der Waals surface area (Å²) >= 11 is 0. The lowest BCUT2D eigenvalue weighted by atomic mass is 10.1. The second kappa shape index (κ2) is 9.19. The molecule has 1 aromatic heterocycles. The number of nitrogens with zero attached hydrogens (tertiary/aromatic N) is 4. The highest BCUT2D eigenvalue weighted by Gasteiger charge is 2.28. The fourth-order valence-corrected chi connectivity index (χ4v) is 4.57. The van der Waals surface area contributed by atoms with Crippen molar-refractivity contribution in [3.05, 3.63) is 53.1 Å². The standard InChI is InChI=1S/C21H31N5O2S/c1-16(2)20(24-29(4,27)28)21-23-22-19-10-11-25(12-13-26(19)21)15-17(3)14-18-8-6-5-7-9-18/h5-9,14,16,20,24H,10-13,15H2,1-4H3/b17-14+. The van der Waals surface area contributed by atoms with Gasteiger partial charge in [0.15, 0.2) is 5.82 Å². The van der Waals surface area contributed by atoms with E-state index in [4.69, 9.17) is 0 Å². The first-order chi connectivity index (χ1) is 13.7. The Bertz CT molecular complexity index is 951. The van der Waals surface area contributed by atoms with Crippen LogP contribution in [0.25, 0.3) is 6.08 Å². The van der Waals surface area contributed by atoms with Crippen molar-refractivity contribution in [2.75, 3.05) is 25.9 Å². The van der Waals surface area contributed by atoms with Gasteiger partial charge in [-0.3, -0.25) is 4.90 Å². The Morgan fingerprint density at radius 2 is 1.90 bits per heavy atom. The maximum absolute atomic E-state index is 11.8. The molecule has 0 radical (unpaired) electrons. The van der Waals surface area contributed by atoms with E-state index in [1.54, 1.807) is 0 Å². The number of rotatable bonds is 7. The molecule has 1 aromatic carbocycles. The molecule has 1 atom stereocenters. The van der Waals surface area contributed by atoms with Gasteiger partial charge in [-0.1, -0.05) is 55.8 Å². The Balaban J connectivity index is 1.71. The molecule has 0 fully saturated rings. The molecule has 0 bridgehead atoms. The van der Waals surface area contributed by atoms with Crippen molar-refractivity contribution in [1.82, 2.24) is 24.4 Å². The number of hydrogen-bond acceptors (Lipinski definition) is 5. The number of sulfonamides is 1. The summed E-state index contributed by atoms with van der Waals surface area (Å²) in [5.41, 5.74) is 2.53. The molecular weight excluding hydrogens is 386 g/mol. The zero-order valence-electron chi connectivity index (χ0n) is 17.7. The molecule has 3 rings (SSSR count). The van der Waals surface area contributed by atoms with Crippen LogP contribution in [0.1, 0.15) is 44.0 Å². The molecule has 1 aliphatic heterocycles. The Morgan fingerprint density at radius 1 is 1.17 bits per heavy atom. The van der Waals surface area contributed by atoms with Crippen molar-refractivity contribution in [1.29, 1.82) is 0 Å². The maximum Gasteiger partial charge on any atom is 0.209 e. The van der Waals surface area contributed by atoms with E-state index in [9.17, 15) is 8.42 Å². The van der Waals surface area contributed by atoms with Gasteiger partial charge in [-0.05, 0) is 18.4 Å². The molecule has 29 heavy (non-hydrogen) atoms. The molecule has 7 nitrogen and oxygen atoms in total. The highest BCUT2D eigenvalue weighted by molar-refractivity contribution is 7.88. The van der Waals surface area contributed by atoms with Crippen LogP contribution in [0.5, 0.6) is 0 Å². The van der Waals surface area contributed by atoms with Gasteiger partial charge < -0.3 is 4.57 Å². The number of hydrogen-bond donors (Lipinski definition) is 1. The van der Waals surface area contributed by atoms with E-state index in [0.717, 1.165) is 38.4 Å². The number of benzene rings is 1. The molecule has 2 aromatic rings. The van der Waals surface area contributed by atoms with Gasteiger partial charge in [0.25, 0.3) is 0 Å². The minimum absolute atomic E-state index is 0.0773. The molecule has 0 saturated heterocycles. The smallest absolute Gasteiger partial charge is 0.209 e. The zero-order valence-corrected chi connectivity index (χ0v) is 18.5. The lowest BCUT2D eigenvalue weighted by Gasteiger charge is -2.22. The molecule has 0 spiro atoms. The monoisotopic (exact) mass is 417 g/mol. The lowest BCUT2D eigenvalue weighted by Crippen LogP contribution is -2.34. The van der Waals surface area contributed by atoms with Crippen LogP contribution in [-0.2, 0) is 23.0 Å². The summed E-state index contributed by atoms with van der Waals surface area (Å²) in [5, 5.41) is 8.71. The van der Waals surface area contributed by atoms with Gasteiger partial charge in [0.2, 0.25) is 10.0 Å². The highest BCUT2D eigenvalue weighted by Crippen LogP contribution is 2.23. The number of fused-ring (bicyclic) bond motifs is 1. The SMILES string of the molecule is C/C(=C\c1ccccc1)CN1CCc2nnc(C(NS(C)(=O)=O)C(C)C)n2CC1. The first-order valence-corrected chi connectivity index (χ1v) is 12.0. The van der Waals surface area contributed by atoms with Crippen LogP contribution in [0.3, 0.4) is 0 Å². The Labute approximate surface area is 173 Å². The van der Waals surface area contributed by atoms with Crippen LogP contribution in [0.15, 0.2) is 35.9 Å². The average Bonchev–Trinajstić information content (AvgIpc) is 2.94. The van der Waals surface area contributed by atoms with Crippen LogP contribution >= 0.6 is 0 Å². The van der Waals surface area contributed by atoms with Gasteiger partial charge >= 0.3 is 0 Å². The molecule has 2 heterocycles. The normalized spacial score (nSPS) is 17.2. The summed E-state index contributed by atoms with van der Waals surface area (Å²) < 4.78 is 28.5. The van der Waals surface area contributed by atoms with E-state index >= 15 is 0 Å². The molecule has 158 valence electrons. The Hall–Kier alpha value is -2.03. The largest absolute Gasteiger partial charge is 0.312 e. The van der Waals surface area contributed by atoms with E-state index < -0.39 is 10.0 Å². The molecule has 0 saturated carbocycles. The molecule has 0 aliphatic carbocycles. The van der Waals surface area contributed by atoms with E-state index in [2.05, 4.69) is 49.5 Å².